The summed E-state index contributed by atoms with van der Waals surface area (Å²) >= 11 is 8.24. The van der Waals surface area contributed by atoms with E-state index < -0.39 is 0 Å². The standard InChI is InChI=1S/C9H12N2S2/c12-10-8-5-6-3-1-2-4-7(6)9(8)11-13/h1-4,8-13H,5H2. The van der Waals surface area contributed by atoms with Crippen molar-refractivity contribution in [3.05, 3.63) is 35.4 Å². The smallest absolute Gasteiger partial charge is 0.0587 e. The molecule has 1 aliphatic carbocycles. The van der Waals surface area contributed by atoms with E-state index in [9.17, 15) is 0 Å². The predicted octanol–water partition coefficient (Wildman–Crippen LogP) is 1.52. The Hall–Kier alpha value is -0.160. The van der Waals surface area contributed by atoms with Gasteiger partial charge in [0, 0.05) is 6.04 Å². The van der Waals surface area contributed by atoms with Gasteiger partial charge in [0.25, 0.3) is 0 Å². The summed E-state index contributed by atoms with van der Waals surface area (Å²) in [4.78, 5) is 0. The lowest BCUT2D eigenvalue weighted by molar-refractivity contribution is 0.537. The zero-order valence-corrected chi connectivity index (χ0v) is 8.85. The fraction of sp³-hybridized carbons (Fsp3) is 0.333. The first kappa shape index (κ1) is 9.40. The quantitative estimate of drug-likeness (QED) is 0.559. The van der Waals surface area contributed by atoms with Crippen LogP contribution in [0.25, 0.3) is 0 Å². The maximum absolute atomic E-state index is 4.13. The van der Waals surface area contributed by atoms with Crippen molar-refractivity contribution < 1.29 is 0 Å². The summed E-state index contributed by atoms with van der Waals surface area (Å²) in [5, 5.41) is 0. The third-order valence-corrected chi connectivity index (χ3v) is 3.15. The Labute approximate surface area is 89.2 Å². The van der Waals surface area contributed by atoms with Crippen LogP contribution >= 0.6 is 25.6 Å². The first-order chi connectivity index (χ1) is 6.36. The molecule has 0 aromatic heterocycles. The monoisotopic (exact) mass is 212 g/mol. The normalized spacial score (nSPS) is 26.0. The molecule has 2 atom stereocenters. The Balaban J connectivity index is 2.34. The molecule has 1 aromatic rings. The lowest BCUT2D eigenvalue weighted by Gasteiger charge is -2.17. The summed E-state index contributed by atoms with van der Waals surface area (Å²) in [5.41, 5.74) is 2.70. The van der Waals surface area contributed by atoms with E-state index in [4.69, 9.17) is 0 Å². The van der Waals surface area contributed by atoms with Crippen LogP contribution < -0.4 is 9.44 Å². The van der Waals surface area contributed by atoms with E-state index in [0.29, 0.717) is 6.04 Å². The van der Waals surface area contributed by atoms with Crippen LogP contribution in [-0.4, -0.2) is 6.04 Å². The highest BCUT2D eigenvalue weighted by molar-refractivity contribution is 7.78. The third kappa shape index (κ3) is 1.59. The van der Waals surface area contributed by atoms with Crippen LogP contribution in [-0.2, 0) is 6.42 Å². The van der Waals surface area contributed by atoms with Crippen molar-refractivity contribution in [3.63, 3.8) is 0 Å². The van der Waals surface area contributed by atoms with E-state index in [1.807, 2.05) is 0 Å². The minimum absolute atomic E-state index is 0.261. The number of nitrogens with one attached hydrogen (secondary N) is 2. The molecule has 0 fully saturated rings. The Morgan fingerprint density at radius 3 is 2.62 bits per heavy atom. The highest BCUT2D eigenvalue weighted by atomic mass is 32.1. The van der Waals surface area contributed by atoms with E-state index in [2.05, 4.69) is 59.3 Å². The molecule has 2 rings (SSSR count). The van der Waals surface area contributed by atoms with Gasteiger partial charge in [0.05, 0.1) is 6.04 Å². The second-order valence-electron chi connectivity index (χ2n) is 3.25. The van der Waals surface area contributed by atoms with Gasteiger partial charge in [-0.3, -0.25) is 9.44 Å². The van der Waals surface area contributed by atoms with Gasteiger partial charge >= 0.3 is 0 Å². The number of hydrogen-bond acceptors (Lipinski definition) is 4. The molecule has 4 heteroatoms. The number of fused-ring (bicyclic) bond motifs is 1. The molecule has 0 amide bonds. The van der Waals surface area contributed by atoms with E-state index in [1.165, 1.54) is 11.1 Å². The predicted molar refractivity (Wildman–Crippen MR) is 60.9 cm³/mol. The van der Waals surface area contributed by atoms with Crippen LogP contribution in [0, 0.1) is 0 Å². The molecule has 0 spiro atoms. The van der Waals surface area contributed by atoms with Crippen molar-refractivity contribution >= 4 is 25.6 Å². The van der Waals surface area contributed by atoms with Crippen LogP contribution in [0.2, 0.25) is 0 Å². The lowest BCUT2D eigenvalue weighted by Crippen LogP contribution is -2.31. The van der Waals surface area contributed by atoms with Gasteiger partial charge in [-0.25, -0.2) is 0 Å². The average Bonchev–Trinajstić information content (AvgIpc) is 2.55. The fourth-order valence-electron chi connectivity index (χ4n) is 1.87. The lowest BCUT2D eigenvalue weighted by atomic mass is 10.1. The maximum Gasteiger partial charge on any atom is 0.0587 e. The minimum Gasteiger partial charge on any atom is -0.261 e. The van der Waals surface area contributed by atoms with Crippen molar-refractivity contribution in [2.24, 2.45) is 0 Å². The molecule has 2 N–H and O–H groups in total. The van der Waals surface area contributed by atoms with E-state index in [0.717, 1.165) is 6.42 Å². The number of thiol groups is 2. The highest BCUT2D eigenvalue weighted by Gasteiger charge is 2.30. The van der Waals surface area contributed by atoms with Crippen molar-refractivity contribution in [1.82, 2.24) is 9.44 Å². The van der Waals surface area contributed by atoms with Crippen LogP contribution in [0.3, 0.4) is 0 Å². The minimum atomic E-state index is 0.261. The number of hydrogen-bond donors (Lipinski definition) is 4. The molecule has 0 bridgehead atoms. The van der Waals surface area contributed by atoms with Crippen molar-refractivity contribution in [2.45, 2.75) is 18.5 Å². The first-order valence-electron chi connectivity index (χ1n) is 4.24. The second kappa shape index (κ2) is 3.92. The molecule has 0 saturated heterocycles. The summed E-state index contributed by atoms with van der Waals surface area (Å²) in [5.74, 6) is 0. The molecule has 0 radical (unpaired) electrons. The van der Waals surface area contributed by atoms with Gasteiger partial charge < -0.3 is 0 Å². The maximum atomic E-state index is 4.13. The van der Waals surface area contributed by atoms with Gasteiger partial charge in [0.15, 0.2) is 0 Å². The largest absolute Gasteiger partial charge is 0.261 e. The second-order valence-corrected chi connectivity index (χ2v) is 3.76. The summed E-state index contributed by atoms with van der Waals surface area (Å²) < 4.78 is 6.00. The first-order valence-corrected chi connectivity index (χ1v) is 5.13. The zero-order valence-electron chi connectivity index (χ0n) is 7.07. The Morgan fingerprint density at radius 2 is 1.92 bits per heavy atom. The van der Waals surface area contributed by atoms with Crippen molar-refractivity contribution in [1.29, 1.82) is 0 Å². The van der Waals surface area contributed by atoms with Crippen molar-refractivity contribution in [3.8, 4) is 0 Å². The topological polar surface area (TPSA) is 24.1 Å². The molecular formula is C9H12N2S2. The Bertz CT molecular complexity index is 303. The fourth-order valence-corrected chi connectivity index (χ4v) is 2.43. The summed E-state index contributed by atoms with van der Waals surface area (Å²) in [6.45, 7) is 0. The molecule has 0 saturated carbocycles. The van der Waals surface area contributed by atoms with Gasteiger partial charge in [-0.15, -0.1) is 0 Å². The molecule has 70 valence electrons. The van der Waals surface area contributed by atoms with Gasteiger partial charge in [-0.05, 0) is 17.5 Å². The Morgan fingerprint density at radius 1 is 1.15 bits per heavy atom. The summed E-state index contributed by atoms with van der Waals surface area (Å²) in [7, 11) is 0. The molecule has 2 unspecified atom stereocenters. The van der Waals surface area contributed by atoms with Gasteiger partial charge in [0.2, 0.25) is 0 Å². The van der Waals surface area contributed by atoms with Gasteiger partial charge in [-0.1, -0.05) is 49.9 Å². The molecular weight excluding hydrogens is 200 g/mol. The van der Waals surface area contributed by atoms with Gasteiger partial charge in [0.1, 0.15) is 0 Å². The van der Waals surface area contributed by atoms with E-state index in [-0.39, 0.29) is 6.04 Å². The molecule has 0 heterocycles. The van der Waals surface area contributed by atoms with Crippen molar-refractivity contribution in [2.75, 3.05) is 0 Å². The van der Waals surface area contributed by atoms with Gasteiger partial charge in [-0.2, -0.15) is 0 Å². The molecule has 1 aromatic carbocycles. The van der Waals surface area contributed by atoms with E-state index >= 15 is 0 Å². The number of rotatable bonds is 2. The summed E-state index contributed by atoms with van der Waals surface area (Å²) in [6, 6.07) is 9.00. The highest BCUT2D eigenvalue weighted by Crippen LogP contribution is 2.31. The van der Waals surface area contributed by atoms with Crippen LogP contribution in [0.15, 0.2) is 24.3 Å². The molecule has 2 nitrogen and oxygen atoms in total. The summed E-state index contributed by atoms with van der Waals surface area (Å²) in [6.07, 6.45) is 1.01. The van der Waals surface area contributed by atoms with Crippen LogP contribution in [0.5, 0.6) is 0 Å². The van der Waals surface area contributed by atoms with Crippen LogP contribution in [0.1, 0.15) is 17.2 Å². The Kier molecular flexibility index (Phi) is 2.83. The molecule has 13 heavy (non-hydrogen) atoms. The third-order valence-electron chi connectivity index (χ3n) is 2.54. The molecule has 1 aliphatic rings. The van der Waals surface area contributed by atoms with Crippen LogP contribution in [0.4, 0.5) is 0 Å². The molecule has 0 aliphatic heterocycles. The zero-order chi connectivity index (χ0) is 9.26. The average molecular weight is 212 g/mol. The van der Waals surface area contributed by atoms with E-state index in [1.54, 1.807) is 0 Å². The number of benzene rings is 1. The SMILES string of the molecule is SNC1Cc2ccccc2C1NS.